The fourth-order valence-corrected chi connectivity index (χ4v) is 3.32. The van der Waals surface area contributed by atoms with Crippen LogP contribution in [-0.2, 0) is 16.1 Å². The minimum Gasteiger partial charge on any atom is -0.326 e. The molecule has 2 aromatic rings. The van der Waals surface area contributed by atoms with Crippen LogP contribution in [0.4, 0.5) is 15.8 Å². The maximum atomic E-state index is 13.0. The van der Waals surface area contributed by atoms with Gasteiger partial charge in [-0.25, -0.2) is 4.39 Å². The molecule has 0 radical (unpaired) electrons. The summed E-state index contributed by atoms with van der Waals surface area (Å²) in [4.78, 5) is 27.7. The number of carbonyl (C=O) groups is 2. The second-order valence-corrected chi connectivity index (χ2v) is 6.82. The van der Waals surface area contributed by atoms with Crippen molar-refractivity contribution < 1.29 is 18.9 Å². The molecule has 2 atom stereocenters. The molecule has 1 aliphatic heterocycles. The van der Waals surface area contributed by atoms with Gasteiger partial charge in [-0.05, 0) is 31.2 Å². The van der Waals surface area contributed by atoms with E-state index < -0.39 is 0 Å². The van der Waals surface area contributed by atoms with Crippen LogP contribution in [0, 0.1) is 5.82 Å². The van der Waals surface area contributed by atoms with Gasteiger partial charge in [-0.3, -0.25) is 9.59 Å². The summed E-state index contributed by atoms with van der Waals surface area (Å²) in [5, 5.41) is 2.86. The summed E-state index contributed by atoms with van der Waals surface area (Å²) in [6.07, 6.45) is 0.261. The highest BCUT2D eigenvalue weighted by molar-refractivity contribution is 6.04. The van der Waals surface area contributed by atoms with E-state index >= 15 is 0 Å². The van der Waals surface area contributed by atoms with Crippen LogP contribution in [0.1, 0.15) is 18.9 Å². The summed E-state index contributed by atoms with van der Waals surface area (Å²) < 4.78 is 13.0. The first-order chi connectivity index (χ1) is 12.4. The van der Waals surface area contributed by atoms with E-state index in [9.17, 15) is 14.0 Å². The zero-order valence-corrected chi connectivity index (χ0v) is 15.0. The normalized spacial score (nSPS) is 17.9. The van der Waals surface area contributed by atoms with E-state index in [0.29, 0.717) is 12.2 Å². The maximum Gasteiger partial charge on any atom is 0.282 e. The van der Waals surface area contributed by atoms with Crippen molar-refractivity contribution in [2.75, 3.05) is 23.8 Å². The second kappa shape index (κ2) is 7.66. The number of halogens is 1. The number of likely N-dealkylation sites (N-methyl/N-ethyl adjacent to an activating group) is 1. The van der Waals surface area contributed by atoms with Gasteiger partial charge in [0.25, 0.3) is 5.91 Å². The Kier molecular flexibility index (Phi) is 5.32. The molecule has 6 heteroatoms. The molecule has 0 bridgehead atoms. The Morgan fingerprint density at radius 3 is 2.65 bits per heavy atom. The standard InChI is InChI=1S/C20H22FN3O2/c1-14-11-19(25)22-17-5-3-4-6-18(17)24(14)20(26)13-23(2)12-15-7-9-16(21)10-8-15/h3-10,14H,11-13H2,1-2H3,(H,22,25)/p+1/t14-/m0/s1. The Morgan fingerprint density at radius 2 is 1.92 bits per heavy atom. The van der Waals surface area contributed by atoms with E-state index in [1.165, 1.54) is 12.1 Å². The van der Waals surface area contributed by atoms with Crippen molar-refractivity contribution in [1.82, 2.24) is 0 Å². The third-order valence-corrected chi connectivity index (χ3v) is 4.50. The Hall–Kier alpha value is -2.73. The van der Waals surface area contributed by atoms with Gasteiger partial charge in [-0.2, -0.15) is 0 Å². The molecule has 0 saturated heterocycles. The van der Waals surface area contributed by atoms with Gasteiger partial charge in [0.1, 0.15) is 12.4 Å². The molecule has 0 aromatic heterocycles. The molecule has 0 spiro atoms. The van der Waals surface area contributed by atoms with E-state index in [0.717, 1.165) is 16.2 Å². The molecule has 0 aliphatic carbocycles. The molecule has 1 heterocycles. The first kappa shape index (κ1) is 18.1. The van der Waals surface area contributed by atoms with Crippen molar-refractivity contribution in [3.8, 4) is 0 Å². The molecule has 2 aromatic carbocycles. The molecule has 1 unspecified atom stereocenters. The number of nitrogens with one attached hydrogen (secondary N) is 2. The van der Waals surface area contributed by atoms with Gasteiger partial charge in [0.15, 0.2) is 6.54 Å². The van der Waals surface area contributed by atoms with E-state index in [1.807, 2.05) is 32.2 Å². The highest BCUT2D eigenvalue weighted by Gasteiger charge is 2.30. The number of rotatable bonds is 4. The van der Waals surface area contributed by atoms with Crippen molar-refractivity contribution in [1.29, 1.82) is 0 Å². The summed E-state index contributed by atoms with van der Waals surface area (Å²) in [6.45, 7) is 2.78. The molecule has 136 valence electrons. The van der Waals surface area contributed by atoms with E-state index in [4.69, 9.17) is 0 Å². The second-order valence-electron chi connectivity index (χ2n) is 6.82. The average Bonchev–Trinajstić information content (AvgIpc) is 2.71. The van der Waals surface area contributed by atoms with Crippen molar-refractivity contribution in [2.24, 2.45) is 0 Å². The van der Waals surface area contributed by atoms with Crippen LogP contribution in [-0.4, -0.2) is 31.4 Å². The zero-order chi connectivity index (χ0) is 18.7. The van der Waals surface area contributed by atoms with E-state index in [2.05, 4.69) is 5.32 Å². The third-order valence-electron chi connectivity index (χ3n) is 4.50. The lowest BCUT2D eigenvalue weighted by molar-refractivity contribution is -0.885. The summed E-state index contributed by atoms with van der Waals surface area (Å²) in [6, 6.07) is 13.5. The molecular weight excluding hydrogens is 333 g/mol. The smallest absolute Gasteiger partial charge is 0.282 e. The van der Waals surface area contributed by atoms with Gasteiger partial charge >= 0.3 is 0 Å². The molecule has 2 N–H and O–H groups in total. The quantitative estimate of drug-likeness (QED) is 0.874. The number of para-hydroxylation sites is 2. The molecule has 26 heavy (non-hydrogen) atoms. The molecule has 0 fully saturated rings. The minimum atomic E-state index is -0.269. The number of amides is 2. The number of quaternary nitrogens is 1. The number of benzene rings is 2. The number of anilines is 2. The van der Waals surface area contributed by atoms with Gasteiger partial charge < -0.3 is 15.1 Å². The lowest BCUT2D eigenvalue weighted by atomic mass is 10.1. The third kappa shape index (κ3) is 4.08. The molecule has 2 amide bonds. The SMILES string of the molecule is C[C@H]1CC(=O)Nc2ccccc2N1C(=O)C[NH+](C)Cc1ccc(F)cc1. The van der Waals surface area contributed by atoms with Gasteiger partial charge in [-0.1, -0.05) is 24.3 Å². The van der Waals surface area contributed by atoms with Crippen molar-refractivity contribution in [3.63, 3.8) is 0 Å². The predicted octanol–water partition coefficient (Wildman–Crippen LogP) is 1.60. The van der Waals surface area contributed by atoms with Crippen LogP contribution in [0.25, 0.3) is 0 Å². The van der Waals surface area contributed by atoms with E-state index in [1.54, 1.807) is 23.1 Å². The lowest BCUT2D eigenvalue weighted by Gasteiger charge is -2.28. The van der Waals surface area contributed by atoms with Crippen molar-refractivity contribution in [2.45, 2.75) is 25.9 Å². The topological polar surface area (TPSA) is 53.9 Å². The van der Waals surface area contributed by atoms with E-state index in [-0.39, 0.29) is 36.6 Å². The summed E-state index contributed by atoms with van der Waals surface area (Å²) in [5.74, 6) is -0.400. The largest absolute Gasteiger partial charge is 0.326 e. The van der Waals surface area contributed by atoms with Gasteiger partial charge in [-0.15, -0.1) is 0 Å². The van der Waals surface area contributed by atoms with Crippen LogP contribution in [0.3, 0.4) is 0 Å². The number of hydrogen-bond acceptors (Lipinski definition) is 2. The molecule has 0 saturated carbocycles. The first-order valence-electron chi connectivity index (χ1n) is 8.70. The zero-order valence-electron chi connectivity index (χ0n) is 15.0. The molecular formula is C20H23FN3O2+. The first-order valence-corrected chi connectivity index (χ1v) is 8.70. The highest BCUT2D eigenvalue weighted by atomic mass is 19.1. The predicted molar refractivity (Wildman–Crippen MR) is 98.5 cm³/mol. The van der Waals surface area contributed by atoms with Gasteiger partial charge in [0.2, 0.25) is 5.91 Å². The highest BCUT2D eigenvalue weighted by Crippen LogP contribution is 2.30. The van der Waals surface area contributed by atoms with Crippen LogP contribution in [0.2, 0.25) is 0 Å². The number of nitrogens with zero attached hydrogens (tertiary/aromatic N) is 1. The Balaban J connectivity index is 1.75. The fraction of sp³-hybridized carbons (Fsp3) is 0.300. The minimum absolute atomic E-state index is 0.0407. The Labute approximate surface area is 152 Å². The van der Waals surface area contributed by atoms with Crippen LogP contribution < -0.4 is 15.1 Å². The van der Waals surface area contributed by atoms with Crippen molar-refractivity contribution in [3.05, 3.63) is 59.9 Å². The van der Waals surface area contributed by atoms with Crippen molar-refractivity contribution >= 4 is 23.2 Å². The monoisotopic (exact) mass is 356 g/mol. The van der Waals surface area contributed by atoms with Gasteiger partial charge in [0.05, 0.1) is 18.4 Å². The number of hydrogen-bond donors (Lipinski definition) is 2. The van der Waals surface area contributed by atoms with Gasteiger partial charge in [0, 0.05) is 18.0 Å². The maximum absolute atomic E-state index is 13.0. The summed E-state index contributed by atoms with van der Waals surface area (Å²) in [5.41, 5.74) is 2.36. The summed E-state index contributed by atoms with van der Waals surface area (Å²) in [7, 11) is 1.93. The Morgan fingerprint density at radius 1 is 1.23 bits per heavy atom. The molecule has 1 aliphatic rings. The lowest BCUT2D eigenvalue weighted by Crippen LogP contribution is -3.09. The fourth-order valence-electron chi connectivity index (χ4n) is 3.32. The van der Waals surface area contributed by atoms with Crippen LogP contribution in [0.5, 0.6) is 0 Å². The Bertz CT molecular complexity index is 807. The molecule has 3 rings (SSSR count). The summed E-state index contributed by atoms with van der Waals surface area (Å²) >= 11 is 0. The molecule has 5 nitrogen and oxygen atoms in total. The number of carbonyl (C=O) groups excluding carboxylic acids is 2. The van der Waals surface area contributed by atoms with Crippen LogP contribution >= 0.6 is 0 Å². The van der Waals surface area contributed by atoms with Crippen LogP contribution in [0.15, 0.2) is 48.5 Å². The number of fused-ring (bicyclic) bond motifs is 1. The average molecular weight is 356 g/mol.